The van der Waals surface area contributed by atoms with E-state index in [1.165, 1.54) is 32.1 Å². The second-order valence-electron chi connectivity index (χ2n) is 2.71. The predicted octanol–water partition coefficient (Wildman–Crippen LogP) is 3.10. The van der Waals surface area contributed by atoms with Crippen LogP contribution in [0.25, 0.3) is 0 Å². The molecule has 0 N–H and O–H groups in total. The van der Waals surface area contributed by atoms with Gasteiger partial charge in [0.2, 0.25) is 0 Å². The van der Waals surface area contributed by atoms with E-state index in [0.29, 0.717) is 0 Å². The van der Waals surface area contributed by atoms with E-state index in [2.05, 4.69) is 19.1 Å². The molecule has 0 aromatic carbocycles. The molecule has 9 heavy (non-hydrogen) atoms. The lowest BCUT2D eigenvalue weighted by atomic mass is 9.91. The third-order valence-electron chi connectivity index (χ3n) is 1.84. The lowest BCUT2D eigenvalue weighted by Crippen LogP contribution is -1.98. The van der Waals surface area contributed by atoms with Crippen molar-refractivity contribution in [1.82, 2.24) is 0 Å². The summed E-state index contributed by atoms with van der Waals surface area (Å²) in [7, 11) is 0. The summed E-state index contributed by atoms with van der Waals surface area (Å²) in [5.74, 6) is 1.75. The van der Waals surface area contributed by atoms with Crippen molar-refractivity contribution in [1.29, 1.82) is 0 Å². The maximum Gasteiger partial charge on any atom is -0.0201 e. The Morgan fingerprint density at radius 1 is 1.44 bits per heavy atom. The molecule has 1 rings (SSSR count). The summed E-state index contributed by atoms with van der Waals surface area (Å²) in [6.45, 7) is 2.26. The van der Waals surface area contributed by atoms with Gasteiger partial charge in [-0.05, 0) is 31.6 Å². The molecule has 0 unspecified atom stereocenters. The molecule has 0 bridgehead atoms. The normalized spacial score (nSPS) is 20.6. The Labute approximate surface area is 58.0 Å². The monoisotopic (exact) mass is 123 g/mol. The third-order valence-corrected chi connectivity index (χ3v) is 1.84. The van der Waals surface area contributed by atoms with Gasteiger partial charge in [-0.15, -0.1) is 0 Å². The maximum atomic E-state index is 2.30. The highest BCUT2D eigenvalue weighted by molar-refractivity contribution is 5.04. The van der Waals surface area contributed by atoms with Crippen molar-refractivity contribution < 1.29 is 0 Å². The number of hydrogen-bond donors (Lipinski definition) is 0. The van der Waals surface area contributed by atoms with Gasteiger partial charge in [-0.1, -0.05) is 25.5 Å². The Morgan fingerprint density at radius 2 is 2.33 bits per heavy atom. The first-order valence-electron chi connectivity index (χ1n) is 3.92. The molecular formula is C9H15. The minimum atomic E-state index is 1.26. The van der Waals surface area contributed by atoms with E-state index in [4.69, 9.17) is 0 Å². The van der Waals surface area contributed by atoms with Crippen LogP contribution in [0.5, 0.6) is 0 Å². The Bertz CT molecular complexity index is 92.2. The molecule has 0 heteroatoms. The minimum Gasteiger partial charge on any atom is -0.0885 e. The summed E-state index contributed by atoms with van der Waals surface area (Å²) in [6, 6.07) is 0. The van der Waals surface area contributed by atoms with Gasteiger partial charge >= 0.3 is 0 Å². The molecule has 0 saturated heterocycles. The van der Waals surface area contributed by atoms with Gasteiger partial charge in [-0.2, -0.15) is 0 Å². The van der Waals surface area contributed by atoms with Crippen LogP contribution in [0.3, 0.4) is 0 Å². The molecule has 1 radical (unpaired) electrons. The van der Waals surface area contributed by atoms with Gasteiger partial charge in [-0.3, -0.25) is 0 Å². The maximum absolute atomic E-state index is 2.30. The average Bonchev–Trinajstić information content (AvgIpc) is 1.91. The van der Waals surface area contributed by atoms with Gasteiger partial charge in [0.1, 0.15) is 0 Å². The molecule has 1 aliphatic carbocycles. The fourth-order valence-corrected chi connectivity index (χ4v) is 1.34. The van der Waals surface area contributed by atoms with E-state index in [9.17, 15) is 0 Å². The van der Waals surface area contributed by atoms with Crippen LogP contribution in [0.2, 0.25) is 0 Å². The SMILES string of the molecule is CCC[C]1CC=CCC1. The molecule has 0 fully saturated rings. The smallest absolute Gasteiger partial charge is 0.0201 e. The highest BCUT2D eigenvalue weighted by Crippen LogP contribution is 2.24. The summed E-state index contributed by atoms with van der Waals surface area (Å²) in [6.07, 6.45) is 11.2. The second-order valence-corrected chi connectivity index (χ2v) is 2.71. The number of allylic oxidation sites excluding steroid dienone is 2. The number of rotatable bonds is 2. The summed E-state index contributed by atoms with van der Waals surface area (Å²) >= 11 is 0. The summed E-state index contributed by atoms with van der Waals surface area (Å²) in [5.41, 5.74) is 0. The van der Waals surface area contributed by atoms with E-state index in [1.54, 1.807) is 5.92 Å². The van der Waals surface area contributed by atoms with Crippen molar-refractivity contribution in [2.75, 3.05) is 0 Å². The molecule has 0 atom stereocenters. The van der Waals surface area contributed by atoms with Crippen LogP contribution >= 0.6 is 0 Å². The van der Waals surface area contributed by atoms with Crippen molar-refractivity contribution in [3.63, 3.8) is 0 Å². The molecule has 0 aromatic heterocycles. The van der Waals surface area contributed by atoms with Crippen molar-refractivity contribution >= 4 is 0 Å². The highest BCUT2D eigenvalue weighted by atomic mass is 14.1. The fourth-order valence-electron chi connectivity index (χ4n) is 1.34. The molecule has 0 amide bonds. The van der Waals surface area contributed by atoms with Crippen LogP contribution in [0, 0.1) is 5.92 Å². The summed E-state index contributed by atoms with van der Waals surface area (Å²) in [4.78, 5) is 0. The second kappa shape index (κ2) is 3.71. The van der Waals surface area contributed by atoms with Crippen LogP contribution in [0.1, 0.15) is 39.0 Å². The van der Waals surface area contributed by atoms with Gasteiger partial charge in [0.25, 0.3) is 0 Å². The zero-order valence-corrected chi connectivity index (χ0v) is 6.19. The van der Waals surface area contributed by atoms with Gasteiger partial charge in [0.05, 0.1) is 0 Å². The Kier molecular flexibility index (Phi) is 2.82. The van der Waals surface area contributed by atoms with E-state index < -0.39 is 0 Å². The van der Waals surface area contributed by atoms with E-state index >= 15 is 0 Å². The van der Waals surface area contributed by atoms with E-state index in [1.807, 2.05) is 0 Å². The van der Waals surface area contributed by atoms with E-state index in [-0.39, 0.29) is 0 Å². The first-order valence-corrected chi connectivity index (χ1v) is 3.92. The third kappa shape index (κ3) is 2.21. The zero-order chi connectivity index (χ0) is 6.53. The number of hydrogen-bond acceptors (Lipinski definition) is 0. The fraction of sp³-hybridized carbons (Fsp3) is 0.667. The highest BCUT2D eigenvalue weighted by Gasteiger charge is 2.07. The van der Waals surface area contributed by atoms with Crippen molar-refractivity contribution in [2.24, 2.45) is 0 Å². The van der Waals surface area contributed by atoms with Gasteiger partial charge in [0, 0.05) is 0 Å². The molecule has 0 spiro atoms. The lowest BCUT2D eigenvalue weighted by Gasteiger charge is -2.14. The Balaban J connectivity index is 2.18. The quantitative estimate of drug-likeness (QED) is 0.495. The molecule has 0 aliphatic heterocycles. The first-order chi connectivity index (χ1) is 4.43. The molecule has 51 valence electrons. The van der Waals surface area contributed by atoms with Crippen LogP contribution in [0.4, 0.5) is 0 Å². The minimum absolute atomic E-state index is 1.26. The van der Waals surface area contributed by atoms with Crippen LogP contribution < -0.4 is 0 Å². The largest absolute Gasteiger partial charge is 0.0885 e. The van der Waals surface area contributed by atoms with Crippen LogP contribution in [-0.4, -0.2) is 0 Å². The topological polar surface area (TPSA) is 0 Å². The average molecular weight is 123 g/mol. The lowest BCUT2D eigenvalue weighted by molar-refractivity contribution is 0.668. The van der Waals surface area contributed by atoms with Crippen molar-refractivity contribution in [2.45, 2.75) is 39.0 Å². The molecular weight excluding hydrogens is 108 g/mol. The van der Waals surface area contributed by atoms with Gasteiger partial charge < -0.3 is 0 Å². The molecule has 0 heterocycles. The zero-order valence-electron chi connectivity index (χ0n) is 6.19. The predicted molar refractivity (Wildman–Crippen MR) is 41.1 cm³/mol. The van der Waals surface area contributed by atoms with Crippen LogP contribution in [0.15, 0.2) is 12.2 Å². The van der Waals surface area contributed by atoms with E-state index in [0.717, 1.165) is 0 Å². The molecule has 1 aliphatic rings. The van der Waals surface area contributed by atoms with Gasteiger partial charge in [0.15, 0.2) is 0 Å². The summed E-state index contributed by atoms with van der Waals surface area (Å²) < 4.78 is 0. The summed E-state index contributed by atoms with van der Waals surface area (Å²) in [5, 5.41) is 0. The standard InChI is InChI=1S/C9H15/c1-2-6-9-7-4-3-5-8-9/h3-4H,2,5-8H2,1H3. The molecule has 0 saturated carbocycles. The molecule has 0 aromatic rings. The Hall–Kier alpha value is -0.260. The Morgan fingerprint density at radius 3 is 2.89 bits per heavy atom. The van der Waals surface area contributed by atoms with Crippen molar-refractivity contribution in [3.8, 4) is 0 Å². The van der Waals surface area contributed by atoms with Gasteiger partial charge in [-0.25, -0.2) is 0 Å². The van der Waals surface area contributed by atoms with Crippen molar-refractivity contribution in [3.05, 3.63) is 18.1 Å². The molecule has 0 nitrogen and oxygen atoms in total. The first kappa shape index (κ1) is 6.85. The van der Waals surface area contributed by atoms with Crippen LogP contribution in [-0.2, 0) is 0 Å².